The van der Waals surface area contributed by atoms with Crippen LogP contribution in [0, 0.1) is 13.8 Å². The van der Waals surface area contributed by atoms with Gasteiger partial charge < -0.3 is 14.6 Å². The standard InChI is InChI=1S/C19H33N3O3/c1-5-22-16(3)17(15(2)20-22)12-21-9-6-19(7-10-21)13-18(23,14-24-4)8-11-25-19/h23H,5-14H2,1-4H3. The number of methoxy groups -OCH3 is 1. The van der Waals surface area contributed by atoms with E-state index >= 15 is 0 Å². The normalized spacial score (nSPS) is 27.1. The highest BCUT2D eigenvalue weighted by molar-refractivity contribution is 5.24. The zero-order valence-electron chi connectivity index (χ0n) is 16.2. The number of aryl methyl sites for hydroxylation is 2. The van der Waals surface area contributed by atoms with Crippen molar-refractivity contribution in [3.8, 4) is 0 Å². The monoisotopic (exact) mass is 351 g/mol. The van der Waals surface area contributed by atoms with E-state index < -0.39 is 5.60 Å². The highest BCUT2D eigenvalue weighted by atomic mass is 16.5. The Morgan fingerprint density at radius 3 is 2.56 bits per heavy atom. The van der Waals surface area contributed by atoms with E-state index in [9.17, 15) is 5.11 Å². The molecule has 3 heterocycles. The number of aliphatic hydroxyl groups is 1. The largest absolute Gasteiger partial charge is 0.387 e. The number of rotatable bonds is 5. The summed E-state index contributed by atoms with van der Waals surface area (Å²) >= 11 is 0. The predicted octanol–water partition coefficient (Wildman–Crippen LogP) is 2.04. The smallest absolute Gasteiger partial charge is 0.0929 e. The van der Waals surface area contributed by atoms with E-state index in [-0.39, 0.29) is 5.60 Å². The van der Waals surface area contributed by atoms with Crippen LogP contribution in [0.5, 0.6) is 0 Å². The summed E-state index contributed by atoms with van der Waals surface area (Å²) in [4.78, 5) is 2.50. The molecule has 1 aromatic rings. The van der Waals surface area contributed by atoms with Crippen LogP contribution in [-0.2, 0) is 22.6 Å². The van der Waals surface area contributed by atoms with Crippen LogP contribution in [0.15, 0.2) is 0 Å². The lowest BCUT2D eigenvalue weighted by Gasteiger charge is -2.49. The lowest BCUT2D eigenvalue weighted by Crippen LogP contribution is -2.55. The van der Waals surface area contributed by atoms with Crippen molar-refractivity contribution in [2.75, 3.05) is 33.4 Å². The first kappa shape index (κ1) is 18.8. The van der Waals surface area contributed by atoms with Crippen LogP contribution >= 0.6 is 0 Å². The summed E-state index contributed by atoms with van der Waals surface area (Å²) in [7, 11) is 1.66. The van der Waals surface area contributed by atoms with Gasteiger partial charge in [0.1, 0.15) is 0 Å². The third-order valence-electron chi connectivity index (χ3n) is 6.02. The third-order valence-corrected chi connectivity index (χ3v) is 6.02. The minimum absolute atomic E-state index is 0.181. The van der Waals surface area contributed by atoms with Gasteiger partial charge >= 0.3 is 0 Å². The van der Waals surface area contributed by atoms with Gasteiger partial charge in [-0.3, -0.25) is 9.58 Å². The highest BCUT2D eigenvalue weighted by Gasteiger charge is 2.46. The van der Waals surface area contributed by atoms with E-state index in [0.717, 1.165) is 44.7 Å². The van der Waals surface area contributed by atoms with Gasteiger partial charge in [0.2, 0.25) is 0 Å². The van der Waals surface area contributed by atoms with Crippen molar-refractivity contribution in [3.63, 3.8) is 0 Å². The average molecular weight is 351 g/mol. The molecule has 2 aliphatic rings. The second-order valence-corrected chi connectivity index (χ2v) is 7.86. The lowest BCUT2D eigenvalue weighted by atomic mass is 9.77. The molecule has 0 saturated carbocycles. The Morgan fingerprint density at radius 1 is 1.24 bits per heavy atom. The first-order valence-electron chi connectivity index (χ1n) is 9.51. The number of hydrogen-bond acceptors (Lipinski definition) is 5. The van der Waals surface area contributed by atoms with E-state index in [0.29, 0.717) is 26.1 Å². The first-order chi connectivity index (χ1) is 11.9. The molecule has 0 aromatic carbocycles. The van der Waals surface area contributed by atoms with Crippen molar-refractivity contribution in [1.82, 2.24) is 14.7 Å². The van der Waals surface area contributed by atoms with E-state index in [1.165, 1.54) is 11.3 Å². The van der Waals surface area contributed by atoms with Gasteiger partial charge in [-0.05, 0) is 33.6 Å². The van der Waals surface area contributed by atoms with Crippen LogP contribution in [0.4, 0.5) is 0 Å². The average Bonchev–Trinajstić information content (AvgIpc) is 2.84. The highest BCUT2D eigenvalue weighted by Crippen LogP contribution is 2.40. The molecular weight excluding hydrogens is 318 g/mol. The van der Waals surface area contributed by atoms with Crippen LogP contribution in [0.25, 0.3) is 0 Å². The molecule has 1 atom stereocenters. The van der Waals surface area contributed by atoms with Gasteiger partial charge in [0, 0.05) is 57.4 Å². The van der Waals surface area contributed by atoms with Crippen molar-refractivity contribution in [1.29, 1.82) is 0 Å². The van der Waals surface area contributed by atoms with Crippen molar-refractivity contribution in [2.24, 2.45) is 0 Å². The van der Waals surface area contributed by atoms with Gasteiger partial charge in [-0.15, -0.1) is 0 Å². The molecule has 2 saturated heterocycles. The van der Waals surface area contributed by atoms with Crippen LogP contribution in [0.3, 0.4) is 0 Å². The molecule has 6 nitrogen and oxygen atoms in total. The van der Waals surface area contributed by atoms with Gasteiger partial charge in [-0.25, -0.2) is 0 Å². The lowest BCUT2D eigenvalue weighted by molar-refractivity contribution is -0.191. The van der Waals surface area contributed by atoms with Gasteiger partial charge in [0.25, 0.3) is 0 Å². The van der Waals surface area contributed by atoms with Crippen molar-refractivity contribution < 1.29 is 14.6 Å². The number of ether oxygens (including phenoxy) is 2. The number of nitrogens with zero attached hydrogens (tertiary/aromatic N) is 3. The quantitative estimate of drug-likeness (QED) is 0.880. The first-order valence-corrected chi connectivity index (χ1v) is 9.51. The molecular formula is C19H33N3O3. The number of aromatic nitrogens is 2. The van der Waals surface area contributed by atoms with Crippen LogP contribution in [0.1, 0.15) is 49.6 Å². The summed E-state index contributed by atoms with van der Waals surface area (Å²) < 4.78 is 13.5. The maximum atomic E-state index is 10.8. The Balaban J connectivity index is 1.61. The van der Waals surface area contributed by atoms with Crippen LogP contribution in [0.2, 0.25) is 0 Å². The molecule has 0 aliphatic carbocycles. The van der Waals surface area contributed by atoms with E-state index in [1.54, 1.807) is 7.11 Å². The van der Waals surface area contributed by atoms with E-state index in [2.05, 4.69) is 35.5 Å². The Morgan fingerprint density at radius 2 is 1.96 bits per heavy atom. The van der Waals surface area contributed by atoms with E-state index in [4.69, 9.17) is 9.47 Å². The van der Waals surface area contributed by atoms with Crippen molar-refractivity contribution in [2.45, 2.75) is 70.7 Å². The topological polar surface area (TPSA) is 59.8 Å². The Hall–Kier alpha value is -0.950. The molecule has 3 rings (SSSR count). The molecule has 2 aliphatic heterocycles. The van der Waals surface area contributed by atoms with Crippen LogP contribution in [-0.4, -0.2) is 64.4 Å². The fraction of sp³-hybridized carbons (Fsp3) is 0.842. The molecule has 1 unspecified atom stereocenters. The number of likely N-dealkylation sites (tertiary alicyclic amines) is 1. The Kier molecular flexibility index (Phi) is 5.54. The fourth-order valence-corrected chi connectivity index (χ4v) is 4.52. The summed E-state index contributed by atoms with van der Waals surface area (Å²) in [6.07, 6.45) is 3.30. The Bertz CT molecular complexity index is 589. The van der Waals surface area contributed by atoms with Gasteiger partial charge in [0.15, 0.2) is 0 Å². The zero-order valence-corrected chi connectivity index (χ0v) is 16.2. The van der Waals surface area contributed by atoms with Gasteiger partial charge in [0.05, 0.1) is 30.1 Å². The van der Waals surface area contributed by atoms with Crippen molar-refractivity contribution in [3.05, 3.63) is 17.0 Å². The molecule has 25 heavy (non-hydrogen) atoms. The van der Waals surface area contributed by atoms with Crippen LogP contribution < -0.4 is 0 Å². The molecule has 1 N–H and O–H groups in total. The molecule has 1 spiro atoms. The second kappa shape index (κ2) is 7.35. The van der Waals surface area contributed by atoms with E-state index in [1.807, 2.05) is 0 Å². The summed E-state index contributed by atoms with van der Waals surface area (Å²) in [6, 6.07) is 0. The SMILES string of the molecule is CCn1nc(C)c(CN2CCC3(CC2)CC(O)(COC)CCO3)c1C. The zero-order chi connectivity index (χ0) is 18.1. The van der Waals surface area contributed by atoms with Gasteiger partial charge in [-0.2, -0.15) is 5.10 Å². The predicted molar refractivity (Wildman–Crippen MR) is 96.6 cm³/mol. The molecule has 1 aromatic heterocycles. The summed E-state index contributed by atoms with van der Waals surface area (Å²) in [5, 5.41) is 15.4. The maximum Gasteiger partial charge on any atom is 0.0929 e. The third kappa shape index (κ3) is 3.92. The number of piperidine rings is 1. The summed E-state index contributed by atoms with van der Waals surface area (Å²) in [5.41, 5.74) is 2.87. The number of hydrogen-bond donors (Lipinski definition) is 1. The minimum atomic E-state index is -0.732. The molecule has 142 valence electrons. The molecule has 0 amide bonds. The maximum absolute atomic E-state index is 10.8. The minimum Gasteiger partial charge on any atom is -0.387 e. The second-order valence-electron chi connectivity index (χ2n) is 7.86. The molecule has 0 bridgehead atoms. The molecule has 2 fully saturated rings. The summed E-state index contributed by atoms with van der Waals surface area (Å²) in [6.45, 7) is 11.3. The van der Waals surface area contributed by atoms with Gasteiger partial charge in [-0.1, -0.05) is 0 Å². The summed E-state index contributed by atoms with van der Waals surface area (Å²) in [5.74, 6) is 0. The fourth-order valence-electron chi connectivity index (χ4n) is 4.52. The molecule has 0 radical (unpaired) electrons. The van der Waals surface area contributed by atoms with Crippen molar-refractivity contribution >= 4 is 0 Å². The Labute approximate surface area is 151 Å². The molecule has 6 heteroatoms.